The van der Waals surface area contributed by atoms with Crippen molar-refractivity contribution in [3.8, 4) is 0 Å². The van der Waals surface area contributed by atoms with Crippen molar-refractivity contribution in [3.63, 3.8) is 0 Å². The van der Waals surface area contributed by atoms with Gasteiger partial charge in [-0.25, -0.2) is 0 Å². The molecule has 0 bridgehead atoms. The molecule has 1 saturated carbocycles. The standard InChI is InChI=1S/C11H22N2.C2H6/c1-12-7-9-13(10-8-12)11-5-3-2-4-6-11;1-2/h11H,2-10H2,1H3;1-2H3. The summed E-state index contributed by atoms with van der Waals surface area (Å²) in [5.74, 6) is 0. The van der Waals surface area contributed by atoms with Crippen LogP contribution in [0.2, 0.25) is 0 Å². The van der Waals surface area contributed by atoms with Crippen LogP contribution >= 0.6 is 0 Å². The molecule has 90 valence electrons. The first-order valence-corrected chi connectivity index (χ1v) is 6.79. The molecule has 0 spiro atoms. The summed E-state index contributed by atoms with van der Waals surface area (Å²) in [5.41, 5.74) is 0. The first-order chi connectivity index (χ1) is 7.36. The van der Waals surface area contributed by atoms with Gasteiger partial charge in [-0.2, -0.15) is 0 Å². The van der Waals surface area contributed by atoms with E-state index in [2.05, 4.69) is 16.8 Å². The van der Waals surface area contributed by atoms with E-state index < -0.39 is 0 Å². The summed E-state index contributed by atoms with van der Waals surface area (Å²) >= 11 is 0. The Bertz CT molecular complexity index is 145. The third-order valence-electron chi connectivity index (χ3n) is 3.63. The van der Waals surface area contributed by atoms with Crippen LogP contribution in [0, 0.1) is 0 Å². The number of rotatable bonds is 1. The highest BCUT2D eigenvalue weighted by molar-refractivity contribution is 4.79. The minimum Gasteiger partial charge on any atom is -0.304 e. The molecule has 2 fully saturated rings. The normalized spacial score (nSPS) is 25.8. The topological polar surface area (TPSA) is 6.48 Å². The van der Waals surface area contributed by atoms with E-state index in [1.807, 2.05) is 13.8 Å². The zero-order chi connectivity index (χ0) is 11.1. The van der Waals surface area contributed by atoms with E-state index in [0.29, 0.717) is 0 Å². The number of hydrogen-bond donors (Lipinski definition) is 0. The largest absolute Gasteiger partial charge is 0.304 e. The third-order valence-corrected chi connectivity index (χ3v) is 3.63. The van der Waals surface area contributed by atoms with Crippen molar-refractivity contribution in [2.75, 3.05) is 33.2 Å². The summed E-state index contributed by atoms with van der Waals surface area (Å²) in [6.45, 7) is 9.16. The Kier molecular flexibility index (Phi) is 6.26. The van der Waals surface area contributed by atoms with Crippen LogP contribution in [-0.4, -0.2) is 49.1 Å². The summed E-state index contributed by atoms with van der Waals surface area (Å²) < 4.78 is 0. The van der Waals surface area contributed by atoms with Gasteiger partial charge in [0.1, 0.15) is 0 Å². The lowest BCUT2D eigenvalue weighted by atomic mass is 9.94. The van der Waals surface area contributed by atoms with Gasteiger partial charge in [-0.1, -0.05) is 33.1 Å². The van der Waals surface area contributed by atoms with E-state index in [1.165, 1.54) is 58.3 Å². The summed E-state index contributed by atoms with van der Waals surface area (Å²) in [5, 5.41) is 0. The molecule has 2 heteroatoms. The second-order valence-corrected chi connectivity index (χ2v) is 4.63. The molecule has 1 aliphatic heterocycles. The van der Waals surface area contributed by atoms with Crippen molar-refractivity contribution in [2.45, 2.75) is 52.0 Å². The van der Waals surface area contributed by atoms with Gasteiger partial charge < -0.3 is 4.90 Å². The van der Waals surface area contributed by atoms with Crippen molar-refractivity contribution in [2.24, 2.45) is 0 Å². The lowest BCUT2D eigenvalue weighted by Gasteiger charge is -2.39. The molecule has 0 aromatic heterocycles. The molecule has 2 aliphatic rings. The van der Waals surface area contributed by atoms with Gasteiger partial charge in [-0.05, 0) is 19.9 Å². The molecule has 15 heavy (non-hydrogen) atoms. The fourth-order valence-electron chi connectivity index (χ4n) is 2.63. The summed E-state index contributed by atoms with van der Waals surface area (Å²) in [6.07, 6.45) is 7.34. The highest BCUT2D eigenvalue weighted by Gasteiger charge is 2.23. The Labute approximate surface area is 95.6 Å². The second kappa shape index (κ2) is 7.24. The van der Waals surface area contributed by atoms with E-state index in [0.717, 1.165) is 6.04 Å². The van der Waals surface area contributed by atoms with Crippen LogP contribution in [0.15, 0.2) is 0 Å². The average Bonchev–Trinajstić information content (AvgIpc) is 2.34. The van der Waals surface area contributed by atoms with Gasteiger partial charge in [0, 0.05) is 32.2 Å². The first kappa shape index (κ1) is 13.0. The van der Waals surface area contributed by atoms with Crippen LogP contribution in [0.5, 0.6) is 0 Å². The Hall–Kier alpha value is -0.0800. The molecule has 0 N–H and O–H groups in total. The van der Waals surface area contributed by atoms with E-state index in [-0.39, 0.29) is 0 Å². The Morgan fingerprint density at radius 3 is 1.87 bits per heavy atom. The monoisotopic (exact) mass is 212 g/mol. The van der Waals surface area contributed by atoms with Crippen molar-refractivity contribution in [1.82, 2.24) is 9.80 Å². The fraction of sp³-hybridized carbons (Fsp3) is 1.00. The molecular formula is C13H28N2. The number of hydrogen-bond acceptors (Lipinski definition) is 2. The molecule has 0 radical (unpaired) electrons. The molecule has 0 aromatic rings. The van der Waals surface area contributed by atoms with Crippen LogP contribution < -0.4 is 0 Å². The summed E-state index contributed by atoms with van der Waals surface area (Å²) in [7, 11) is 2.23. The maximum Gasteiger partial charge on any atom is 0.0113 e. The SMILES string of the molecule is CC.CN1CCN(C2CCCCC2)CC1. The third kappa shape index (κ3) is 4.12. The fourth-order valence-corrected chi connectivity index (χ4v) is 2.63. The number of nitrogens with zero attached hydrogens (tertiary/aromatic N) is 2. The molecule has 2 rings (SSSR count). The molecule has 0 amide bonds. The van der Waals surface area contributed by atoms with Crippen molar-refractivity contribution in [1.29, 1.82) is 0 Å². The zero-order valence-corrected chi connectivity index (χ0v) is 10.8. The quantitative estimate of drug-likeness (QED) is 0.659. The van der Waals surface area contributed by atoms with Crippen molar-refractivity contribution >= 4 is 0 Å². The maximum absolute atomic E-state index is 2.72. The number of piperazine rings is 1. The van der Waals surface area contributed by atoms with E-state index in [4.69, 9.17) is 0 Å². The summed E-state index contributed by atoms with van der Waals surface area (Å²) in [6, 6.07) is 0.933. The number of likely N-dealkylation sites (N-methyl/N-ethyl adjacent to an activating group) is 1. The van der Waals surface area contributed by atoms with Crippen LogP contribution in [0.4, 0.5) is 0 Å². The van der Waals surface area contributed by atoms with Crippen LogP contribution in [0.25, 0.3) is 0 Å². The van der Waals surface area contributed by atoms with Gasteiger partial charge in [0.2, 0.25) is 0 Å². The molecule has 0 aromatic carbocycles. The smallest absolute Gasteiger partial charge is 0.0113 e. The van der Waals surface area contributed by atoms with Gasteiger partial charge in [0.05, 0.1) is 0 Å². The molecule has 1 heterocycles. The molecule has 1 saturated heterocycles. The minimum atomic E-state index is 0.933. The Morgan fingerprint density at radius 2 is 1.33 bits per heavy atom. The average molecular weight is 212 g/mol. The van der Waals surface area contributed by atoms with E-state index in [9.17, 15) is 0 Å². The van der Waals surface area contributed by atoms with Crippen molar-refractivity contribution in [3.05, 3.63) is 0 Å². The maximum atomic E-state index is 2.72. The predicted molar refractivity (Wildman–Crippen MR) is 67.3 cm³/mol. The lowest BCUT2D eigenvalue weighted by molar-refractivity contribution is 0.0913. The molecule has 1 aliphatic carbocycles. The Morgan fingerprint density at radius 1 is 0.800 bits per heavy atom. The van der Waals surface area contributed by atoms with Gasteiger partial charge >= 0.3 is 0 Å². The van der Waals surface area contributed by atoms with Gasteiger partial charge in [0.25, 0.3) is 0 Å². The van der Waals surface area contributed by atoms with Gasteiger partial charge in [-0.15, -0.1) is 0 Å². The Balaban J connectivity index is 0.000000531. The van der Waals surface area contributed by atoms with Crippen LogP contribution in [0.1, 0.15) is 46.0 Å². The van der Waals surface area contributed by atoms with Crippen LogP contribution in [0.3, 0.4) is 0 Å². The second-order valence-electron chi connectivity index (χ2n) is 4.63. The highest BCUT2D eigenvalue weighted by Crippen LogP contribution is 2.23. The van der Waals surface area contributed by atoms with Crippen molar-refractivity contribution < 1.29 is 0 Å². The lowest BCUT2D eigenvalue weighted by Crippen LogP contribution is -2.49. The minimum absolute atomic E-state index is 0.933. The van der Waals surface area contributed by atoms with E-state index >= 15 is 0 Å². The highest BCUT2D eigenvalue weighted by atomic mass is 15.3. The zero-order valence-electron chi connectivity index (χ0n) is 10.8. The predicted octanol–water partition coefficient (Wildman–Crippen LogP) is 2.59. The molecule has 2 nitrogen and oxygen atoms in total. The first-order valence-electron chi connectivity index (χ1n) is 6.79. The van der Waals surface area contributed by atoms with Gasteiger partial charge in [0.15, 0.2) is 0 Å². The van der Waals surface area contributed by atoms with Gasteiger partial charge in [-0.3, -0.25) is 4.90 Å². The molecule has 0 unspecified atom stereocenters. The van der Waals surface area contributed by atoms with Crippen LogP contribution in [-0.2, 0) is 0 Å². The summed E-state index contributed by atoms with van der Waals surface area (Å²) in [4.78, 5) is 5.17. The molecular weight excluding hydrogens is 184 g/mol. The van der Waals surface area contributed by atoms with E-state index in [1.54, 1.807) is 0 Å². The molecule has 0 atom stereocenters.